The van der Waals surface area contributed by atoms with E-state index in [9.17, 15) is 33.4 Å². The van der Waals surface area contributed by atoms with Crippen molar-refractivity contribution in [3.05, 3.63) is 42.4 Å². The van der Waals surface area contributed by atoms with Crippen molar-refractivity contribution in [1.82, 2.24) is 19.9 Å². The van der Waals surface area contributed by atoms with Crippen LogP contribution in [0.2, 0.25) is 0 Å². The molecule has 238 valence electrons. The summed E-state index contributed by atoms with van der Waals surface area (Å²) in [5.74, 6) is -0.448. The fraction of sp³-hybridized carbons (Fsp3) is 0.316. The second-order valence-corrected chi connectivity index (χ2v) is 12.8. The summed E-state index contributed by atoms with van der Waals surface area (Å²) in [5.41, 5.74) is 6.36. The average Bonchev–Trinajstić information content (AvgIpc) is 3.43. The third-order valence-corrected chi connectivity index (χ3v) is 9.36. The predicted octanol–water partition coefficient (Wildman–Crippen LogP) is -11.1. The van der Waals surface area contributed by atoms with Crippen LogP contribution in [0.3, 0.4) is 0 Å². The van der Waals surface area contributed by atoms with Gasteiger partial charge in [-0.1, -0.05) is 0 Å². The van der Waals surface area contributed by atoms with E-state index in [0.717, 1.165) is 0 Å². The Balaban J connectivity index is -0.000000844. The van der Waals surface area contributed by atoms with E-state index in [1.54, 1.807) is 0 Å². The molecule has 46 heavy (non-hydrogen) atoms. The Morgan fingerprint density at radius 3 is 2.11 bits per heavy atom. The summed E-state index contributed by atoms with van der Waals surface area (Å²) in [4.78, 5) is 58.5. The van der Waals surface area contributed by atoms with E-state index in [1.807, 2.05) is 0 Å². The van der Waals surface area contributed by atoms with Crippen LogP contribution in [0.25, 0.3) is 11.2 Å². The fourth-order valence-corrected chi connectivity index (χ4v) is 6.96. The summed E-state index contributed by atoms with van der Waals surface area (Å²) in [7, 11) is -14.7. The van der Waals surface area contributed by atoms with E-state index in [0.29, 0.717) is 0 Å². The van der Waals surface area contributed by atoms with Crippen LogP contribution in [0.4, 0.5) is 5.69 Å². The summed E-state index contributed by atoms with van der Waals surface area (Å²) in [6.45, 7) is 0. The molecule has 0 bridgehead atoms. The van der Waals surface area contributed by atoms with Gasteiger partial charge in [-0.05, 0) is 18.2 Å². The molecule has 0 aliphatic carbocycles. The number of pyridine rings is 1. The number of aromatic nitrogens is 3. The van der Waals surface area contributed by atoms with Crippen molar-refractivity contribution in [3.8, 4) is 11.5 Å². The van der Waals surface area contributed by atoms with Crippen LogP contribution in [0.15, 0.2) is 36.8 Å². The van der Waals surface area contributed by atoms with Gasteiger partial charge in [0, 0.05) is 17.8 Å². The number of carbonyl (C=O) groups is 1. The zero-order chi connectivity index (χ0) is 31.0. The number of hydrogen-bond acceptors (Lipinski definition) is 14. The topological polar surface area (TPSA) is 294 Å². The maximum atomic E-state index is 13.2. The summed E-state index contributed by atoms with van der Waals surface area (Å²) in [6.07, 6.45) is -2.91. The van der Waals surface area contributed by atoms with Gasteiger partial charge in [0.15, 0.2) is 18.2 Å². The summed E-state index contributed by atoms with van der Waals surface area (Å²) in [5, 5.41) is 13.5. The molecular formula is C19H28N5Na4O15P3. The SMILES string of the molecule is COc1cc(OC)cc(C(=O)N[C@@H]2C(O)[C@H](n3cnc4c(N)ccnc43)O[C@@H]2OP(=O)(O)OP(=O)(O)OP(=O)(O)O)c1.[H-].[H-].[H-].[H-].[Na+].[Na+].[Na+].[Na+]. The number of aliphatic hydroxyl groups is 1. The van der Waals surface area contributed by atoms with E-state index in [2.05, 4.69) is 23.9 Å². The largest absolute Gasteiger partial charge is 1.00 e. The van der Waals surface area contributed by atoms with Crippen LogP contribution in [0.1, 0.15) is 22.3 Å². The average molecular weight is 751 g/mol. The summed E-state index contributed by atoms with van der Waals surface area (Å²) < 4.78 is 64.7. The minimum Gasteiger partial charge on any atom is -1.00 e. The molecule has 1 aliphatic heterocycles. The Morgan fingerprint density at radius 2 is 1.57 bits per heavy atom. The van der Waals surface area contributed by atoms with Gasteiger partial charge in [0.05, 0.1) is 26.2 Å². The standard InChI is InChI=1S/C19H24N5O15P3.4Na.4H/c1-34-10-5-9(6-11(7-10)35-2)17(26)23-14-15(25)18(24-8-22-13-12(20)3-4-21-16(13)24)36-19(14)37-41(30,31)39-42(32,33)38-40(27,28)29;;;;;;;;/h3-8,14-15,18-19,25H,1-2H3,(H2,20,21)(H,23,26)(H,30,31)(H,32,33)(H2,27,28,29);;;;;;;;/q;4*+1;4*-1/t14-,15?,18-,19-;;;;;;;;/m1......../s1. The molecule has 8 N–H and O–H groups in total. The molecule has 2 aromatic heterocycles. The van der Waals surface area contributed by atoms with Gasteiger partial charge in [0.1, 0.15) is 29.2 Å². The van der Waals surface area contributed by atoms with Crippen molar-refractivity contribution in [2.75, 3.05) is 20.0 Å². The van der Waals surface area contributed by atoms with Gasteiger partial charge in [0.25, 0.3) is 5.91 Å². The van der Waals surface area contributed by atoms with E-state index >= 15 is 0 Å². The summed E-state index contributed by atoms with van der Waals surface area (Å²) in [6, 6.07) is 3.84. The third kappa shape index (κ3) is 12.1. The van der Waals surface area contributed by atoms with Crippen molar-refractivity contribution in [3.63, 3.8) is 0 Å². The van der Waals surface area contributed by atoms with E-state index in [4.69, 9.17) is 34.3 Å². The van der Waals surface area contributed by atoms with E-state index < -0.39 is 54.0 Å². The molecule has 0 saturated carbocycles. The Morgan fingerprint density at radius 1 is 0.978 bits per heavy atom. The number of imidazole rings is 1. The van der Waals surface area contributed by atoms with Crippen LogP contribution in [0.5, 0.6) is 11.5 Å². The van der Waals surface area contributed by atoms with Crippen LogP contribution >= 0.6 is 23.5 Å². The number of nitrogens with one attached hydrogen (secondary N) is 1. The molecule has 20 nitrogen and oxygen atoms in total. The van der Waals surface area contributed by atoms with Gasteiger partial charge >= 0.3 is 142 Å². The Labute approximate surface area is 355 Å². The van der Waals surface area contributed by atoms with Gasteiger partial charge in [-0.3, -0.25) is 13.9 Å². The maximum absolute atomic E-state index is 13.2. The van der Waals surface area contributed by atoms with Gasteiger partial charge in [-0.15, -0.1) is 0 Å². The van der Waals surface area contributed by atoms with Crippen molar-refractivity contribution >= 4 is 46.2 Å². The van der Waals surface area contributed by atoms with E-state index in [-0.39, 0.29) is 158 Å². The Kier molecular flexibility index (Phi) is 19.5. The number of benzene rings is 1. The molecule has 1 aromatic carbocycles. The zero-order valence-corrected chi connectivity index (χ0v) is 36.0. The first kappa shape index (κ1) is 47.0. The first-order valence-corrected chi connectivity index (χ1v) is 15.8. The Bertz CT molecular complexity index is 1650. The number of amides is 1. The summed E-state index contributed by atoms with van der Waals surface area (Å²) >= 11 is 0. The number of ether oxygens (including phenoxy) is 3. The van der Waals surface area contributed by atoms with Crippen molar-refractivity contribution in [2.24, 2.45) is 0 Å². The number of carbonyl (C=O) groups excluding carboxylic acids is 1. The zero-order valence-electron chi connectivity index (χ0n) is 29.4. The molecule has 3 heterocycles. The van der Waals surface area contributed by atoms with Gasteiger partial charge in [-0.25, -0.2) is 23.7 Å². The number of methoxy groups -OCH3 is 2. The van der Waals surface area contributed by atoms with Crippen LogP contribution in [-0.2, 0) is 31.6 Å². The molecule has 3 aromatic rings. The number of nitrogens with zero attached hydrogens (tertiary/aromatic N) is 3. The molecule has 0 spiro atoms. The van der Waals surface area contributed by atoms with Crippen molar-refractivity contribution in [2.45, 2.75) is 24.7 Å². The molecule has 1 amide bonds. The van der Waals surface area contributed by atoms with E-state index in [1.165, 1.54) is 55.6 Å². The molecule has 3 unspecified atom stereocenters. The molecule has 1 aliphatic rings. The molecule has 0 radical (unpaired) electrons. The second kappa shape index (κ2) is 19.0. The normalized spacial score (nSPS) is 21.6. The predicted molar refractivity (Wildman–Crippen MR) is 142 cm³/mol. The number of phosphoric ester groups is 1. The number of rotatable bonds is 11. The molecular weight excluding hydrogens is 723 g/mol. The number of phosphoric acid groups is 3. The van der Waals surface area contributed by atoms with Crippen LogP contribution in [-0.4, -0.2) is 77.8 Å². The molecule has 1 saturated heterocycles. The fourth-order valence-electron chi connectivity index (χ4n) is 3.86. The second-order valence-electron chi connectivity index (χ2n) is 8.41. The van der Waals surface area contributed by atoms with Crippen LogP contribution < -0.4 is 139 Å². The monoisotopic (exact) mass is 751 g/mol. The molecule has 1 fully saturated rings. The number of fused-ring (bicyclic) bond motifs is 1. The smallest absolute Gasteiger partial charge is 1.00 e. The number of aliphatic hydroxyl groups excluding tert-OH is 1. The van der Waals surface area contributed by atoms with Gasteiger partial charge in [0.2, 0.25) is 0 Å². The number of nitrogens with two attached hydrogens (primary N) is 1. The minimum atomic E-state index is -5.90. The van der Waals surface area contributed by atoms with Gasteiger partial charge in [-0.2, -0.15) is 8.62 Å². The Hall–Kier alpha value is 1.04. The number of anilines is 1. The number of nitrogen functional groups attached to an aromatic ring is 1. The van der Waals surface area contributed by atoms with Gasteiger partial charge < -0.3 is 55.6 Å². The van der Waals surface area contributed by atoms with Crippen molar-refractivity contribution < 1.29 is 194 Å². The minimum absolute atomic E-state index is 0. The first-order valence-electron chi connectivity index (χ1n) is 11.3. The molecule has 6 atom stereocenters. The number of hydrogen-bond donors (Lipinski definition) is 7. The van der Waals surface area contributed by atoms with Crippen molar-refractivity contribution in [1.29, 1.82) is 0 Å². The first-order chi connectivity index (χ1) is 19.5. The third-order valence-electron chi connectivity index (χ3n) is 5.56. The molecule has 27 heteroatoms. The quantitative estimate of drug-likeness (QED) is 0.0707. The molecule has 4 rings (SSSR count). The van der Waals surface area contributed by atoms with Crippen LogP contribution in [0, 0.1) is 0 Å². The maximum Gasteiger partial charge on any atom is 1.00 e.